The van der Waals surface area contributed by atoms with Gasteiger partial charge in [0.2, 0.25) is 0 Å². The van der Waals surface area contributed by atoms with Crippen molar-refractivity contribution in [1.82, 2.24) is 10.2 Å². The van der Waals surface area contributed by atoms with Crippen LogP contribution in [0.3, 0.4) is 0 Å². The van der Waals surface area contributed by atoms with Crippen LogP contribution >= 0.6 is 15.9 Å². The standard InChI is InChI=1S/C18H20BrN5O4S/c1-4-11(13-6-5-9-28-13)20-16-17(23-29(27)22-16)21-12-8-7-10(19)14(15(12)25)18(26)24(2)3/h5-9,11,25H,4H2,1-3H3,(H,20,22)(H,21,23)/t11-,29?/m1/s1. The van der Waals surface area contributed by atoms with Gasteiger partial charge in [0.25, 0.3) is 17.1 Å². The molecule has 2 heterocycles. The number of nitrogens with one attached hydrogen (secondary N) is 2. The molecule has 0 fully saturated rings. The molecule has 29 heavy (non-hydrogen) atoms. The summed E-state index contributed by atoms with van der Waals surface area (Å²) >= 11 is 1.49. The third kappa shape index (κ3) is 4.51. The number of nitrogens with zero attached hydrogens (tertiary/aromatic N) is 3. The maximum absolute atomic E-state index is 12.4. The van der Waals surface area contributed by atoms with Crippen LogP contribution in [0.5, 0.6) is 5.75 Å². The Labute approximate surface area is 178 Å². The molecule has 1 amide bonds. The number of hydrogen-bond acceptors (Lipinski definition) is 6. The molecule has 9 nitrogen and oxygen atoms in total. The van der Waals surface area contributed by atoms with Gasteiger partial charge < -0.3 is 25.1 Å². The molecule has 0 bridgehead atoms. The smallest absolute Gasteiger partial charge is 0.269 e. The fraction of sp³-hybridized carbons (Fsp3) is 0.278. The van der Waals surface area contributed by atoms with Gasteiger partial charge in [0.15, 0.2) is 17.4 Å². The van der Waals surface area contributed by atoms with Gasteiger partial charge in [0.05, 0.1) is 23.6 Å². The Morgan fingerprint density at radius 2 is 2.03 bits per heavy atom. The Morgan fingerprint density at radius 1 is 1.31 bits per heavy atom. The number of rotatable bonds is 5. The molecule has 0 spiro atoms. The number of furan rings is 1. The number of anilines is 1. The highest BCUT2D eigenvalue weighted by molar-refractivity contribution is 9.10. The van der Waals surface area contributed by atoms with E-state index in [1.54, 1.807) is 38.6 Å². The summed E-state index contributed by atoms with van der Waals surface area (Å²) in [5.41, 5.74) is 0.338. The molecule has 1 aromatic carbocycles. The van der Waals surface area contributed by atoms with Gasteiger partial charge in [0, 0.05) is 18.6 Å². The Hall–Kier alpha value is -2.66. The van der Waals surface area contributed by atoms with Gasteiger partial charge in [-0.15, -0.1) is 8.80 Å². The molecular weight excluding hydrogens is 462 g/mol. The number of hydrogen-bond donors (Lipinski definition) is 3. The molecule has 0 saturated heterocycles. The molecule has 1 aliphatic heterocycles. The quantitative estimate of drug-likeness (QED) is 0.564. The predicted octanol–water partition coefficient (Wildman–Crippen LogP) is 2.99. The Morgan fingerprint density at radius 3 is 2.66 bits per heavy atom. The van der Waals surface area contributed by atoms with Gasteiger partial charge in [-0.05, 0) is 46.6 Å². The fourth-order valence-electron chi connectivity index (χ4n) is 2.69. The monoisotopic (exact) mass is 481 g/mol. The maximum atomic E-state index is 12.4. The summed E-state index contributed by atoms with van der Waals surface area (Å²) in [5.74, 6) is 0.544. The molecular formula is C18H20BrN5O4S. The zero-order valence-electron chi connectivity index (χ0n) is 16.0. The molecule has 2 aromatic rings. The first-order chi connectivity index (χ1) is 13.8. The lowest BCUT2D eigenvalue weighted by Crippen LogP contribution is -2.36. The van der Waals surface area contributed by atoms with Crippen LogP contribution in [0, 0.1) is 0 Å². The fourth-order valence-corrected chi connectivity index (χ4v) is 3.80. The highest BCUT2D eigenvalue weighted by Crippen LogP contribution is 2.34. The lowest BCUT2D eigenvalue weighted by Gasteiger charge is -2.18. The summed E-state index contributed by atoms with van der Waals surface area (Å²) < 4.78 is 25.8. The van der Waals surface area contributed by atoms with Crippen LogP contribution in [0.2, 0.25) is 0 Å². The lowest BCUT2D eigenvalue weighted by atomic mass is 10.1. The summed E-state index contributed by atoms with van der Waals surface area (Å²) in [6.07, 6.45) is 2.27. The summed E-state index contributed by atoms with van der Waals surface area (Å²) in [6.45, 7) is 1.97. The van der Waals surface area contributed by atoms with Crippen molar-refractivity contribution in [1.29, 1.82) is 0 Å². The first kappa shape index (κ1) is 21.1. The Balaban J connectivity index is 1.87. The molecule has 2 atom stereocenters. The van der Waals surface area contributed by atoms with Crippen molar-refractivity contribution in [3.05, 3.63) is 46.3 Å². The van der Waals surface area contributed by atoms with Crippen molar-refractivity contribution in [2.75, 3.05) is 19.4 Å². The van der Waals surface area contributed by atoms with Crippen LogP contribution in [0.25, 0.3) is 0 Å². The van der Waals surface area contributed by atoms with E-state index in [-0.39, 0.29) is 40.6 Å². The molecule has 154 valence electrons. The second-order valence-corrected chi connectivity index (χ2v) is 8.06. The van der Waals surface area contributed by atoms with Crippen LogP contribution in [-0.4, -0.2) is 45.9 Å². The van der Waals surface area contributed by atoms with E-state index in [4.69, 9.17) is 4.42 Å². The SMILES string of the molecule is CC[C@@H](NC1=NS(=O)N=C1Nc1ccc(Br)c(C(=O)N(C)C)c1O)c1ccco1. The summed E-state index contributed by atoms with van der Waals surface area (Å²) in [7, 11) is 3.18. The number of halogens is 1. The van der Waals surface area contributed by atoms with Gasteiger partial charge in [-0.1, -0.05) is 6.92 Å². The Kier molecular flexibility index (Phi) is 6.38. The molecule has 0 aliphatic carbocycles. The van der Waals surface area contributed by atoms with Gasteiger partial charge in [0.1, 0.15) is 5.76 Å². The van der Waals surface area contributed by atoms with Crippen LogP contribution in [0.15, 0.2) is 48.2 Å². The third-order valence-electron chi connectivity index (χ3n) is 4.17. The zero-order chi connectivity index (χ0) is 21.1. The van der Waals surface area contributed by atoms with E-state index >= 15 is 0 Å². The number of benzene rings is 1. The average Bonchev–Trinajstić information content (AvgIpc) is 3.31. The second kappa shape index (κ2) is 8.78. The van der Waals surface area contributed by atoms with Crippen molar-refractivity contribution < 1.29 is 18.5 Å². The van der Waals surface area contributed by atoms with E-state index in [0.29, 0.717) is 16.7 Å². The number of carbonyl (C=O) groups is 1. The molecule has 1 aliphatic rings. The van der Waals surface area contributed by atoms with Gasteiger partial charge >= 0.3 is 0 Å². The molecule has 1 aromatic heterocycles. The van der Waals surface area contributed by atoms with Crippen LogP contribution in [0.1, 0.15) is 35.5 Å². The van der Waals surface area contributed by atoms with Crippen molar-refractivity contribution in [2.45, 2.75) is 19.4 Å². The first-order valence-electron chi connectivity index (χ1n) is 8.71. The van der Waals surface area contributed by atoms with E-state index < -0.39 is 11.2 Å². The normalized spacial score (nSPS) is 16.8. The number of amidine groups is 2. The minimum atomic E-state index is -1.80. The summed E-state index contributed by atoms with van der Waals surface area (Å²) in [5, 5.41) is 16.7. The molecule has 3 N–H and O–H groups in total. The molecule has 3 rings (SSSR count). The third-order valence-corrected chi connectivity index (χ3v) is 5.51. The minimum absolute atomic E-state index is 0.105. The number of phenolic OH excluding ortho intramolecular Hbond substituents is 1. The molecule has 0 radical (unpaired) electrons. The lowest BCUT2D eigenvalue weighted by molar-refractivity contribution is 0.0824. The van der Waals surface area contributed by atoms with Crippen molar-refractivity contribution in [3.8, 4) is 5.75 Å². The van der Waals surface area contributed by atoms with Crippen LogP contribution in [-0.2, 0) is 11.2 Å². The predicted molar refractivity (Wildman–Crippen MR) is 115 cm³/mol. The number of carbonyl (C=O) groups excluding carboxylic acids is 1. The largest absolute Gasteiger partial charge is 0.505 e. The van der Waals surface area contributed by atoms with Crippen LogP contribution in [0.4, 0.5) is 5.69 Å². The molecule has 1 unspecified atom stereocenters. The van der Waals surface area contributed by atoms with Gasteiger partial charge in [-0.25, -0.2) is 4.21 Å². The highest BCUT2D eigenvalue weighted by Gasteiger charge is 2.26. The maximum Gasteiger partial charge on any atom is 0.269 e. The first-order valence-corrected chi connectivity index (χ1v) is 10.6. The van der Waals surface area contributed by atoms with E-state index in [2.05, 4.69) is 35.4 Å². The van der Waals surface area contributed by atoms with E-state index in [9.17, 15) is 14.1 Å². The number of aromatic hydroxyl groups is 1. The van der Waals surface area contributed by atoms with E-state index in [0.717, 1.165) is 0 Å². The van der Waals surface area contributed by atoms with E-state index in [1.807, 2.05) is 13.0 Å². The molecule has 0 saturated carbocycles. The summed E-state index contributed by atoms with van der Waals surface area (Å²) in [6, 6.07) is 6.63. The minimum Gasteiger partial charge on any atom is -0.505 e. The highest BCUT2D eigenvalue weighted by atomic mass is 79.9. The van der Waals surface area contributed by atoms with Gasteiger partial charge in [-0.3, -0.25) is 4.79 Å². The van der Waals surface area contributed by atoms with Crippen molar-refractivity contribution in [3.63, 3.8) is 0 Å². The second-order valence-electron chi connectivity index (χ2n) is 6.37. The zero-order valence-corrected chi connectivity index (χ0v) is 18.4. The summed E-state index contributed by atoms with van der Waals surface area (Å²) in [4.78, 5) is 13.7. The van der Waals surface area contributed by atoms with Crippen LogP contribution < -0.4 is 10.6 Å². The van der Waals surface area contributed by atoms with Gasteiger partial charge in [-0.2, -0.15) is 0 Å². The average molecular weight is 482 g/mol. The molecule has 11 heteroatoms. The van der Waals surface area contributed by atoms with E-state index in [1.165, 1.54) is 4.90 Å². The number of amides is 1. The van der Waals surface area contributed by atoms with Crippen molar-refractivity contribution in [2.24, 2.45) is 8.80 Å². The number of phenols is 1. The van der Waals surface area contributed by atoms with Crippen molar-refractivity contribution >= 4 is 50.4 Å². The Bertz CT molecular complexity index is 1000. The topological polar surface area (TPSA) is 120 Å².